The molecule has 3 aromatic carbocycles. The van der Waals surface area contributed by atoms with E-state index >= 15 is 0 Å². The monoisotopic (exact) mass is 472 g/mol. The molecule has 0 heterocycles. The number of anilines is 2. The molecular formula is C24H22Cl2N2O4. The number of amides is 2. The van der Waals surface area contributed by atoms with Crippen LogP contribution in [0.3, 0.4) is 0 Å². The molecule has 0 radical (unpaired) electrons. The van der Waals surface area contributed by atoms with Crippen molar-refractivity contribution < 1.29 is 19.1 Å². The number of halogens is 2. The second kappa shape index (κ2) is 10.9. The number of hydrogen-bond donors (Lipinski definition) is 2. The van der Waals surface area contributed by atoms with Gasteiger partial charge in [-0.2, -0.15) is 0 Å². The normalized spacial score (nSPS) is 12.4. The van der Waals surface area contributed by atoms with Crippen molar-refractivity contribution in [2.24, 2.45) is 0 Å². The fourth-order valence-corrected chi connectivity index (χ4v) is 3.12. The summed E-state index contributed by atoms with van der Waals surface area (Å²) in [4.78, 5) is 25.0. The number of carbonyl (C=O) groups excluding carboxylic acids is 2. The van der Waals surface area contributed by atoms with E-state index in [1.54, 1.807) is 86.6 Å². The van der Waals surface area contributed by atoms with Gasteiger partial charge in [-0.3, -0.25) is 9.59 Å². The lowest BCUT2D eigenvalue weighted by molar-refractivity contribution is -0.122. The highest BCUT2D eigenvalue weighted by molar-refractivity contribution is 6.31. The Balaban J connectivity index is 1.57. The number of rotatable bonds is 8. The van der Waals surface area contributed by atoms with E-state index in [1.807, 2.05) is 0 Å². The van der Waals surface area contributed by atoms with Crippen LogP contribution in [0, 0.1) is 0 Å². The average molecular weight is 473 g/mol. The molecule has 0 unspecified atom stereocenters. The average Bonchev–Trinajstić information content (AvgIpc) is 2.74. The maximum absolute atomic E-state index is 12.5. The minimum atomic E-state index is -0.752. The second-order valence-electron chi connectivity index (χ2n) is 6.99. The molecule has 166 valence electrons. The summed E-state index contributed by atoms with van der Waals surface area (Å²) in [6, 6.07) is 20.4. The van der Waals surface area contributed by atoms with Gasteiger partial charge in [0.15, 0.2) is 12.2 Å². The SMILES string of the molecule is C[C@H](Oc1cccc(Cl)c1)C(=O)Nc1cccc(NC(=O)[C@H](C)Oc2cccc(Cl)c2)c1. The molecule has 0 aliphatic heterocycles. The Bertz CT molecular complexity index is 1020. The van der Waals surface area contributed by atoms with Crippen LogP contribution in [0.2, 0.25) is 10.0 Å². The molecule has 0 aromatic heterocycles. The zero-order chi connectivity index (χ0) is 23.1. The summed E-state index contributed by atoms with van der Waals surface area (Å²) >= 11 is 11.9. The van der Waals surface area contributed by atoms with Crippen LogP contribution in [-0.4, -0.2) is 24.0 Å². The van der Waals surface area contributed by atoms with Gasteiger partial charge in [-0.1, -0.05) is 41.4 Å². The van der Waals surface area contributed by atoms with Crippen molar-refractivity contribution in [3.63, 3.8) is 0 Å². The molecule has 0 aliphatic carbocycles. The Hall–Kier alpha value is -3.22. The molecule has 2 amide bonds. The van der Waals surface area contributed by atoms with Gasteiger partial charge in [0.05, 0.1) is 0 Å². The first-order valence-corrected chi connectivity index (χ1v) is 10.6. The van der Waals surface area contributed by atoms with E-state index in [-0.39, 0.29) is 11.8 Å². The summed E-state index contributed by atoms with van der Waals surface area (Å²) in [6.45, 7) is 3.27. The summed E-state index contributed by atoms with van der Waals surface area (Å²) < 4.78 is 11.3. The Kier molecular flexibility index (Phi) is 7.98. The molecule has 32 heavy (non-hydrogen) atoms. The lowest BCUT2D eigenvalue weighted by Crippen LogP contribution is -2.31. The van der Waals surface area contributed by atoms with Crippen molar-refractivity contribution >= 4 is 46.4 Å². The van der Waals surface area contributed by atoms with Crippen LogP contribution in [0.25, 0.3) is 0 Å². The fourth-order valence-electron chi connectivity index (χ4n) is 2.76. The van der Waals surface area contributed by atoms with Gasteiger partial charge in [0.2, 0.25) is 0 Å². The highest BCUT2D eigenvalue weighted by Gasteiger charge is 2.17. The summed E-state index contributed by atoms with van der Waals surface area (Å²) in [7, 11) is 0. The zero-order valence-electron chi connectivity index (χ0n) is 17.5. The number of nitrogens with one attached hydrogen (secondary N) is 2. The quantitative estimate of drug-likeness (QED) is 0.433. The van der Waals surface area contributed by atoms with Crippen molar-refractivity contribution in [1.29, 1.82) is 0 Å². The molecule has 3 aromatic rings. The summed E-state index contributed by atoms with van der Waals surface area (Å²) in [6.07, 6.45) is -1.50. The largest absolute Gasteiger partial charge is 0.481 e. The fraction of sp³-hybridized carbons (Fsp3) is 0.167. The third-order valence-corrected chi connectivity index (χ3v) is 4.82. The third-order valence-electron chi connectivity index (χ3n) is 4.35. The number of benzene rings is 3. The minimum Gasteiger partial charge on any atom is -0.481 e. The minimum absolute atomic E-state index is 0.342. The Morgan fingerprint density at radius 3 is 1.50 bits per heavy atom. The molecule has 0 spiro atoms. The van der Waals surface area contributed by atoms with Gasteiger partial charge in [0, 0.05) is 21.4 Å². The molecule has 2 atom stereocenters. The third kappa shape index (κ3) is 6.90. The number of hydrogen-bond acceptors (Lipinski definition) is 4. The van der Waals surface area contributed by atoms with E-state index in [2.05, 4.69) is 10.6 Å². The number of carbonyl (C=O) groups is 2. The molecule has 0 bridgehead atoms. The van der Waals surface area contributed by atoms with Crippen LogP contribution < -0.4 is 20.1 Å². The Morgan fingerprint density at radius 2 is 1.09 bits per heavy atom. The second-order valence-corrected chi connectivity index (χ2v) is 7.87. The van der Waals surface area contributed by atoms with E-state index in [0.717, 1.165) is 0 Å². The summed E-state index contributed by atoms with van der Waals surface area (Å²) in [5.41, 5.74) is 1.02. The molecule has 6 nitrogen and oxygen atoms in total. The van der Waals surface area contributed by atoms with Gasteiger partial charge in [-0.25, -0.2) is 0 Å². The van der Waals surface area contributed by atoms with Gasteiger partial charge in [-0.15, -0.1) is 0 Å². The molecule has 0 aliphatic rings. The molecule has 0 fully saturated rings. The van der Waals surface area contributed by atoms with E-state index in [4.69, 9.17) is 32.7 Å². The van der Waals surface area contributed by atoms with Gasteiger partial charge in [0.25, 0.3) is 11.8 Å². The maximum Gasteiger partial charge on any atom is 0.265 e. The van der Waals surface area contributed by atoms with Gasteiger partial charge in [-0.05, 0) is 68.4 Å². The van der Waals surface area contributed by atoms with Crippen molar-refractivity contribution in [2.75, 3.05) is 10.6 Å². The highest BCUT2D eigenvalue weighted by atomic mass is 35.5. The Labute approximate surface area is 196 Å². The molecule has 2 N–H and O–H groups in total. The van der Waals surface area contributed by atoms with Crippen LogP contribution in [-0.2, 0) is 9.59 Å². The maximum atomic E-state index is 12.5. The van der Waals surface area contributed by atoms with Crippen LogP contribution in [0.4, 0.5) is 11.4 Å². The van der Waals surface area contributed by atoms with E-state index in [0.29, 0.717) is 32.9 Å². The zero-order valence-corrected chi connectivity index (χ0v) is 19.0. The Morgan fingerprint density at radius 1 is 0.688 bits per heavy atom. The highest BCUT2D eigenvalue weighted by Crippen LogP contribution is 2.21. The molecule has 8 heteroatoms. The van der Waals surface area contributed by atoms with Crippen LogP contribution >= 0.6 is 23.2 Å². The smallest absolute Gasteiger partial charge is 0.265 e. The first-order valence-electron chi connectivity index (χ1n) is 9.86. The lowest BCUT2D eigenvalue weighted by Gasteiger charge is -2.17. The first-order chi connectivity index (χ1) is 15.3. The van der Waals surface area contributed by atoms with Crippen molar-refractivity contribution in [3.05, 3.63) is 82.8 Å². The molecule has 0 saturated carbocycles. The van der Waals surface area contributed by atoms with Crippen molar-refractivity contribution in [1.82, 2.24) is 0 Å². The summed E-state index contributed by atoms with van der Waals surface area (Å²) in [5, 5.41) is 6.58. The topological polar surface area (TPSA) is 76.7 Å². The van der Waals surface area contributed by atoms with E-state index < -0.39 is 12.2 Å². The first kappa shape index (κ1) is 23.4. The van der Waals surface area contributed by atoms with Crippen molar-refractivity contribution in [3.8, 4) is 11.5 Å². The van der Waals surface area contributed by atoms with Crippen LogP contribution in [0.5, 0.6) is 11.5 Å². The van der Waals surface area contributed by atoms with Gasteiger partial charge < -0.3 is 20.1 Å². The van der Waals surface area contributed by atoms with E-state index in [9.17, 15) is 9.59 Å². The standard InChI is InChI=1S/C24H22Cl2N2O4/c1-15(31-21-10-3-6-17(25)12-21)23(29)27-19-8-5-9-20(14-19)28-24(30)16(2)32-22-11-4-7-18(26)13-22/h3-16H,1-2H3,(H,27,29)(H,28,30)/t15-,16-/m0/s1. The predicted octanol–water partition coefficient (Wildman–Crippen LogP) is 5.81. The summed E-state index contributed by atoms with van der Waals surface area (Å²) in [5.74, 6) is 0.307. The number of ether oxygens (including phenoxy) is 2. The van der Waals surface area contributed by atoms with Crippen molar-refractivity contribution in [2.45, 2.75) is 26.1 Å². The predicted molar refractivity (Wildman–Crippen MR) is 127 cm³/mol. The van der Waals surface area contributed by atoms with Crippen LogP contribution in [0.1, 0.15) is 13.8 Å². The van der Waals surface area contributed by atoms with Crippen LogP contribution in [0.15, 0.2) is 72.8 Å². The molecular weight excluding hydrogens is 451 g/mol. The molecule has 0 saturated heterocycles. The van der Waals surface area contributed by atoms with Gasteiger partial charge >= 0.3 is 0 Å². The lowest BCUT2D eigenvalue weighted by atomic mass is 10.2. The van der Waals surface area contributed by atoms with E-state index in [1.165, 1.54) is 0 Å². The molecule has 3 rings (SSSR count). The van der Waals surface area contributed by atoms with Gasteiger partial charge in [0.1, 0.15) is 11.5 Å².